The fourth-order valence-electron chi connectivity index (χ4n) is 1.65. The van der Waals surface area contributed by atoms with E-state index in [9.17, 15) is 4.39 Å². The van der Waals surface area contributed by atoms with Crippen LogP contribution in [0.25, 0.3) is 0 Å². The molecule has 0 spiro atoms. The fraction of sp³-hybridized carbons (Fsp3) is 0.143. The lowest BCUT2D eigenvalue weighted by atomic mass is 10.2. The molecule has 6 heteroatoms. The van der Waals surface area contributed by atoms with Crippen molar-refractivity contribution < 1.29 is 19.0 Å². The van der Waals surface area contributed by atoms with Gasteiger partial charge in [-0.3, -0.25) is 0 Å². The second-order valence-electron chi connectivity index (χ2n) is 4.05. The van der Waals surface area contributed by atoms with Gasteiger partial charge in [0.2, 0.25) is 0 Å². The lowest BCUT2D eigenvalue weighted by Gasteiger charge is -2.13. The van der Waals surface area contributed by atoms with E-state index in [2.05, 4.69) is 15.9 Å². The SMILES string of the molecule is COc1cc(CO)ccc1Oc1cc(F)c(Br)cc1N. The van der Waals surface area contributed by atoms with Crippen molar-refractivity contribution in [3.8, 4) is 17.2 Å². The predicted octanol–water partition coefficient (Wildman–Crippen LogP) is 3.46. The molecule has 0 aliphatic rings. The summed E-state index contributed by atoms with van der Waals surface area (Å²) in [7, 11) is 1.48. The Labute approximate surface area is 124 Å². The summed E-state index contributed by atoms with van der Waals surface area (Å²) in [6.07, 6.45) is 0. The number of halogens is 2. The molecule has 3 N–H and O–H groups in total. The minimum absolute atomic E-state index is 0.105. The number of aliphatic hydroxyl groups excluding tert-OH is 1. The monoisotopic (exact) mass is 341 g/mol. The topological polar surface area (TPSA) is 64.7 Å². The molecule has 4 nitrogen and oxygen atoms in total. The molecule has 0 atom stereocenters. The molecule has 0 aliphatic heterocycles. The number of ether oxygens (including phenoxy) is 2. The average Bonchev–Trinajstić information content (AvgIpc) is 2.45. The Bertz CT molecular complexity index is 634. The van der Waals surface area contributed by atoms with Crippen molar-refractivity contribution in [2.24, 2.45) is 0 Å². The molecule has 20 heavy (non-hydrogen) atoms. The maximum absolute atomic E-state index is 13.5. The van der Waals surface area contributed by atoms with Crippen molar-refractivity contribution in [3.05, 3.63) is 46.2 Å². The third-order valence-electron chi connectivity index (χ3n) is 2.68. The summed E-state index contributed by atoms with van der Waals surface area (Å²) >= 11 is 3.05. The Morgan fingerprint density at radius 2 is 1.95 bits per heavy atom. The van der Waals surface area contributed by atoms with E-state index in [0.29, 0.717) is 22.7 Å². The number of nitrogens with two attached hydrogens (primary N) is 1. The van der Waals surface area contributed by atoms with Gasteiger partial charge in [-0.15, -0.1) is 0 Å². The summed E-state index contributed by atoms with van der Waals surface area (Å²) in [6.45, 7) is -0.105. The smallest absolute Gasteiger partial charge is 0.169 e. The number of nitrogen functional groups attached to an aromatic ring is 1. The van der Waals surface area contributed by atoms with E-state index < -0.39 is 5.82 Å². The Balaban J connectivity index is 2.37. The van der Waals surface area contributed by atoms with Crippen molar-refractivity contribution in [3.63, 3.8) is 0 Å². The van der Waals surface area contributed by atoms with Crippen LogP contribution in [-0.4, -0.2) is 12.2 Å². The largest absolute Gasteiger partial charge is 0.493 e. The number of methoxy groups -OCH3 is 1. The summed E-state index contributed by atoms with van der Waals surface area (Å²) in [5.41, 5.74) is 6.77. The molecule has 0 unspecified atom stereocenters. The molecule has 0 amide bonds. The van der Waals surface area contributed by atoms with Crippen LogP contribution < -0.4 is 15.2 Å². The first-order valence-electron chi connectivity index (χ1n) is 5.75. The van der Waals surface area contributed by atoms with Crippen molar-refractivity contribution >= 4 is 21.6 Å². The van der Waals surface area contributed by atoms with Gasteiger partial charge in [0.05, 0.1) is 23.9 Å². The minimum Gasteiger partial charge on any atom is -0.493 e. The third-order valence-corrected chi connectivity index (χ3v) is 3.29. The normalized spacial score (nSPS) is 10.4. The van der Waals surface area contributed by atoms with Crippen LogP contribution in [0.15, 0.2) is 34.8 Å². The molecule has 2 aromatic carbocycles. The quantitative estimate of drug-likeness (QED) is 0.836. The Kier molecular flexibility index (Phi) is 4.46. The van der Waals surface area contributed by atoms with Gasteiger partial charge in [0.1, 0.15) is 5.82 Å². The zero-order valence-electron chi connectivity index (χ0n) is 10.7. The first kappa shape index (κ1) is 14.6. The highest BCUT2D eigenvalue weighted by Gasteiger charge is 2.11. The van der Waals surface area contributed by atoms with Gasteiger partial charge >= 0.3 is 0 Å². The van der Waals surface area contributed by atoms with Gasteiger partial charge in [-0.2, -0.15) is 0 Å². The van der Waals surface area contributed by atoms with Crippen LogP contribution in [0.4, 0.5) is 10.1 Å². The van der Waals surface area contributed by atoms with E-state index in [0.717, 1.165) is 0 Å². The molecule has 0 aliphatic carbocycles. The van der Waals surface area contributed by atoms with Crippen LogP contribution >= 0.6 is 15.9 Å². The number of hydrogen-bond acceptors (Lipinski definition) is 4. The highest BCUT2D eigenvalue weighted by Crippen LogP contribution is 2.36. The summed E-state index contributed by atoms with van der Waals surface area (Å²) in [5, 5.41) is 9.08. The van der Waals surface area contributed by atoms with Gasteiger partial charge in [-0.25, -0.2) is 4.39 Å². The molecule has 0 saturated heterocycles. The zero-order valence-corrected chi connectivity index (χ0v) is 12.3. The van der Waals surface area contributed by atoms with Crippen LogP contribution in [0.5, 0.6) is 17.2 Å². The highest BCUT2D eigenvalue weighted by atomic mass is 79.9. The third kappa shape index (κ3) is 3.02. The lowest BCUT2D eigenvalue weighted by molar-refractivity contribution is 0.280. The molecule has 2 aromatic rings. The van der Waals surface area contributed by atoms with E-state index >= 15 is 0 Å². The summed E-state index contributed by atoms with van der Waals surface area (Å²) in [6, 6.07) is 7.58. The number of aliphatic hydroxyl groups is 1. The number of benzene rings is 2. The highest BCUT2D eigenvalue weighted by molar-refractivity contribution is 9.10. The molecular formula is C14H13BrFNO3. The molecule has 2 rings (SSSR count). The van der Waals surface area contributed by atoms with E-state index in [1.165, 1.54) is 19.2 Å². The van der Waals surface area contributed by atoms with Crippen molar-refractivity contribution in [1.82, 2.24) is 0 Å². The van der Waals surface area contributed by atoms with Gasteiger partial charge in [-0.05, 0) is 39.7 Å². The Morgan fingerprint density at radius 3 is 2.60 bits per heavy atom. The number of anilines is 1. The number of hydrogen-bond donors (Lipinski definition) is 2. The van der Waals surface area contributed by atoms with Crippen LogP contribution in [0, 0.1) is 5.82 Å². The summed E-state index contributed by atoms with van der Waals surface area (Å²) in [4.78, 5) is 0. The van der Waals surface area contributed by atoms with Crippen molar-refractivity contribution in [1.29, 1.82) is 0 Å². The molecule has 0 radical (unpaired) electrons. The maximum atomic E-state index is 13.5. The van der Waals surface area contributed by atoms with Gasteiger partial charge in [0.15, 0.2) is 17.2 Å². The van der Waals surface area contributed by atoms with E-state index in [-0.39, 0.29) is 16.8 Å². The Morgan fingerprint density at radius 1 is 1.20 bits per heavy atom. The van der Waals surface area contributed by atoms with E-state index in [4.69, 9.17) is 20.3 Å². The summed E-state index contributed by atoms with van der Waals surface area (Å²) < 4.78 is 24.5. The van der Waals surface area contributed by atoms with Gasteiger partial charge in [0.25, 0.3) is 0 Å². The molecule has 0 fully saturated rings. The molecule has 0 aromatic heterocycles. The maximum Gasteiger partial charge on any atom is 0.169 e. The van der Waals surface area contributed by atoms with Gasteiger partial charge in [0, 0.05) is 6.07 Å². The van der Waals surface area contributed by atoms with E-state index in [1.54, 1.807) is 18.2 Å². The average molecular weight is 342 g/mol. The predicted molar refractivity (Wildman–Crippen MR) is 77.5 cm³/mol. The van der Waals surface area contributed by atoms with Crippen molar-refractivity contribution in [2.45, 2.75) is 6.61 Å². The fourth-order valence-corrected chi connectivity index (χ4v) is 2.01. The van der Waals surface area contributed by atoms with E-state index in [1.807, 2.05) is 0 Å². The molecule has 0 bridgehead atoms. The van der Waals surface area contributed by atoms with Gasteiger partial charge < -0.3 is 20.3 Å². The Hall–Kier alpha value is -1.79. The van der Waals surface area contributed by atoms with Crippen molar-refractivity contribution in [2.75, 3.05) is 12.8 Å². The molecule has 0 heterocycles. The first-order chi connectivity index (χ1) is 9.55. The van der Waals surface area contributed by atoms with Gasteiger partial charge in [-0.1, -0.05) is 6.07 Å². The zero-order chi connectivity index (χ0) is 14.7. The minimum atomic E-state index is -0.472. The lowest BCUT2D eigenvalue weighted by Crippen LogP contribution is -1.96. The molecular weight excluding hydrogens is 329 g/mol. The van der Waals surface area contributed by atoms with Crippen LogP contribution in [0.3, 0.4) is 0 Å². The second-order valence-corrected chi connectivity index (χ2v) is 4.90. The van der Waals surface area contributed by atoms with Crippen LogP contribution in [-0.2, 0) is 6.61 Å². The molecule has 106 valence electrons. The second kappa shape index (κ2) is 6.11. The van der Waals surface area contributed by atoms with Crippen LogP contribution in [0.2, 0.25) is 0 Å². The van der Waals surface area contributed by atoms with Crippen LogP contribution in [0.1, 0.15) is 5.56 Å². The summed E-state index contributed by atoms with van der Waals surface area (Å²) in [5.74, 6) is 0.540. The standard InChI is InChI=1S/C14H13BrFNO3/c1-19-14-4-8(7-18)2-3-12(14)20-13-6-10(16)9(15)5-11(13)17/h2-6,18H,7,17H2,1H3. The number of rotatable bonds is 4. The first-order valence-corrected chi connectivity index (χ1v) is 6.54. The molecule has 0 saturated carbocycles.